The van der Waals surface area contributed by atoms with E-state index in [4.69, 9.17) is 0 Å². The molecule has 1 unspecified atom stereocenters. The molecule has 6 rings (SSSR count). The van der Waals surface area contributed by atoms with Crippen LogP contribution in [0.25, 0.3) is 6.08 Å². The minimum atomic E-state index is -0.0818. The van der Waals surface area contributed by atoms with E-state index in [-0.39, 0.29) is 22.8 Å². The van der Waals surface area contributed by atoms with Gasteiger partial charge in [-0.3, -0.25) is 4.79 Å². The number of carbonyl (C=O) groups is 1. The summed E-state index contributed by atoms with van der Waals surface area (Å²) < 4.78 is 0. The Morgan fingerprint density at radius 1 is 1.00 bits per heavy atom. The van der Waals surface area contributed by atoms with Gasteiger partial charge in [0.2, 0.25) is 5.91 Å². The third-order valence-corrected chi connectivity index (χ3v) is 10.0. The van der Waals surface area contributed by atoms with Gasteiger partial charge in [0.05, 0.1) is 5.54 Å². The summed E-state index contributed by atoms with van der Waals surface area (Å²) in [6, 6.07) is 24.2. The number of hydrogen-bond acceptors (Lipinski definition) is 3. The van der Waals surface area contributed by atoms with Gasteiger partial charge in [0.25, 0.3) is 0 Å². The van der Waals surface area contributed by atoms with Crippen LogP contribution in [-0.4, -0.2) is 31.6 Å². The van der Waals surface area contributed by atoms with Crippen molar-refractivity contribution < 1.29 is 4.79 Å². The predicted octanol–water partition coefficient (Wildman–Crippen LogP) is 7.62. The predicted molar refractivity (Wildman–Crippen MR) is 168 cm³/mol. The van der Waals surface area contributed by atoms with Gasteiger partial charge in [0.15, 0.2) is 0 Å². The van der Waals surface area contributed by atoms with E-state index >= 15 is 0 Å². The molecule has 1 aliphatic carbocycles. The number of aryl methyl sites for hydroxylation is 1. The topological polar surface area (TPSA) is 35.6 Å². The van der Waals surface area contributed by atoms with Crippen molar-refractivity contribution in [3.05, 3.63) is 95.1 Å². The van der Waals surface area contributed by atoms with Crippen LogP contribution in [0.3, 0.4) is 0 Å². The SMILES string of the molecule is CCCCc1ccc(NC(=O)C2CCN(c3ccc4c(c3)N(C)C3(C=Cc5ccccc5C3)C4(C)C)CC2)cc1. The number of piperidine rings is 1. The molecule has 0 radical (unpaired) electrons. The molecule has 4 heteroatoms. The lowest BCUT2D eigenvalue weighted by Crippen LogP contribution is -2.55. The molecule has 0 bridgehead atoms. The number of rotatable bonds is 6. The fraction of sp³-hybridized carbons (Fsp3) is 0.417. The molecule has 2 heterocycles. The second kappa shape index (κ2) is 10.5. The quantitative estimate of drug-likeness (QED) is 0.354. The van der Waals surface area contributed by atoms with E-state index in [1.165, 1.54) is 46.5 Å². The van der Waals surface area contributed by atoms with E-state index in [1.54, 1.807) is 0 Å². The van der Waals surface area contributed by atoms with Crippen LogP contribution in [0, 0.1) is 5.92 Å². The zero-order chi connectivity index (χ0) is 27.9. The molecule has 1 atom stereocenters. The lowest BCUT2D eigenvalue weighted by Gasteiger charge is -2.46. The van der Waals surface area contributed by atoms with Crippen molar-refractivity contribution in [1.82, 2.24) is 0 Å². The Balaban J connectivity index is 1.12. The van der Waals surface area contributed by atoms with Crippen LogP contribution in [0.4, 0.5) is 17.1 Å². The molecule has 3 aromatic rings. The van der Waals surface area contributed by atoms with Gasteiger partial charge in [-0.2, -0.15) is 0 Å². The van der Waals surface area contributed by atoms with Gasteiger partial charge >= 0.3 is 0 Å². The normalized spacial score (nSPS) is 21.4. The molecule has 208 valence electrons. The molecule has 1 amide bonds. The number of benzene rings is 3. The second-order valence-electron chi connectivity index (χ2n) is 12.6. The molecule has 0 saturated carbocycles. The first kappa shape index (κ1) is 26.7. The number of anilines is 3. The van der Waals surface area contributed by atoms with Crippen molar-refractivity contribution in [1.29, 1.82) is 0 Å². The Morgan fingerprint density at radius 3 is 2.50 bits per heavy atom. The van der Waals surface area contributed by atoms with Crippen LogP contribution in [0.5, 0.6) is 0 Å². The van der Waals surface area contributed by atoms with Gasteiger partial charge in [0, 0.05) is 55.0 Å². The van der Waals surface area contributed by atoms with Crippen molar-refractivity contribution in [3.8, 4) is 0 Å². The smallest absolute Gasteiger partial charge is 0.227 e. The Kier molecular flexibility index (Phi) is 6.98. The molecule has 1 fully saturated rings. The average Bonchev–Trinajstić information content (AvgIpc) is 3.14. The van der Waals surface area contributed by atoms with Gasteiger partial charge in [0.1, 0.15) is 0 Å². The maximum Gasteiger partial charge on any atom is 0.227 e. The first-order valence-electron chi connectivity index (χ1n) is 15.1. The largest absolute Gasteiger partial charge is 0.371 e. The summed E-state index contributed by atoms with van der Waals surface area (Å²) in [4.78, 5) is 18.0. The third kappa shape index (κ3) is 4.52. The van der Waals surface area contributed by atoms with Crippen molar-refractivity contribution >= 4 is 29.0 Å². The summed E-state index contributed by atoms with van der Waals surface area (Å²) in [5.41, 5.74) is 8.92. The van der Waals surface area contributed by atoms with E-state index in [2.05, 4.69) is 110 Å². The molecule has 1 saturated heterocycles. The molecule has 2 aliphatic heterocycles. The summed E-state index contributed by atoms with van der Waals surface area (Å²) in [5.74, 6) is 0.213. The Labute approximate surface area is 240 Å². The minimum Gasteiger partial charge on any atom is -0.371 e. The fourth-order valence-corrected chi connectivity index (χ4v) is 7.26. The van der Waals surface area contributed by atoms with E-state index in [0.29, 0.717) is 0 Å². The van der Waals surface area contributed by atoms with Gasteiger partial charge < -0.3 is 15.1 Å². The fourth-order valence-electron chi connectivity index (χ4n) is 7.26. The first-order valence-corrected chi connectivity index (χ1v) is 15.1. The number of nitrogens with one attached hydrogen (secondary N) is 1. The van der Waals surface area contributed by atoms with Crippen LogP contribution in [0.2, 0.25) is 0 Å². The Hall–Kier alpha value is -3.53. The first-order chi connectivity index (χ1) is 19.3. The molecule has 1 spiro atoms. The van der Waals surface area contributed by atoms with Crippen LogP contribution in [0.15, 0.2) is 72.8 Å². The van der Waals surface area contributed by atoms with Gasteiger partial charge in [-0.25, -0.2) is 0 Å². The average molecular weight is 534 g/mol. The van der Waals surface area contributed by atoms with E-state index < -0.39 is 0 Å². The van der Waals surface area contributed by atoms with Crippen molar-refractivity contribution in [3.63, 3.8) is 0 Å². The Bertz CT molecular complexity index is 1410. The Morgan fingerprint density at radius 2 is 1.75 bits per heavy atom. The molecule has 1 N–H and O–H groups in total. The molecule has 40 heavy (non-hydrogen) atoms. The zero-order valence-electron chi connectivity index (χ0n) is 24.5. The van der Waals surface area contributed by atoms with Crippen molar-refractivity contribution in [2.24, 2.45) is 5.92 Å². The molecule has 3 aromatic carbocycles. The standard InChI is InChI=1S/C36H43N3O/c1-5-6-9-26-12-14-30(15-13-26)37-34(40)28-19-22-39(23-20-28)31-16-17-32-33(24-31)38(4)36(35(32,2)3)21-18-27-10-7-8-11-29(27)25-36/h7-8,10-18,21,24,28H,5-6,9,19-20,22-23,25H2,1-4H3,(H,37,40). The summed E-state index contributed by atoms with van der Waals surface area (Å²) in [6.45, 7) is 8.82. The number of unbranched alkanes of at least 4 members (excludes halogenated alkanes) is 1. The van der Waals surface area contributed by atoms with Gasteiger partial charge in [-0.1, -0.05) is 81.8 Å². The molecule has 4 nitrogen and oxygen atoms in total. The molecular formula is C36H43N3O. The summed E-state index contributed by atoms with van der Waals surface area (Å²) >= 11 is 0. The third-order valence-electron chi connectivity index (χ3n) is 10.0. The van der Waals surface area contributed by atoms with Crippen LogP contribution in [-0.2, 0) is 23.1 Å². The monoisotopic (exact) mass is 533 g/mol. The number of carbonyl (C=O) groups excluding carboxylic acids is 1. The molecule has 3 aliphatic rings. The summed E-state index contributed by atoms with van der Waals surface area (Å²) in [6.07, 6.45) is 11.0. The zero-order valence-corrected chi connectivity index (χ0v) is 24.5. The van der Waals surface area contributed by atoms with Crippen LogP contribution < -0.4 is 15.1 Å². The maximum atomic E-state index is 13.1. The van der Waals surface area contributed by atoms with E-state index in [1.807, 2.05) is 12.1 Å². The van der Waals surface area contributed by atoms with Crippen molar-refractivity contribution in [2.75, 3.05) is 35.3 Å². The number of nitrogens with zero attached hydrogens (tertiary/aromatic N) is 2. The molecule has 0 aromatic heterocycles. The van der Waals surface area contributed by atoms with Crippen LogP contribution >= 0.6 is 0 Å². The second-order valence-corrected chi connectivity index (χ2v) is 12.6. The number of amides is 1. The summed E-state index contributed by atoms with van der Waals surface area (Å²) in [7, 11) is 2.27. The highest BCUT2D eigenvalue weighted by atomic mass is 16.1. The van der Waals surface area contributed by atoms with E-state index in [9.17, 15) is 4.79 Å². The number of likely N-dealkylation sites (N-methyl/N-ethyl adjacent to an activating group) is 1. The maximum absolute atomic E-state index is 13.1. The van der Waals surface area contributed by atoms with Crippen molar-refractivity contribution in [2.45, 2.75) is 70.3 Å². The highest BCUT2D eigenvalue weighted by Crippen LogP contribution is 2.55. The molecular weight excluding hydrogens is 490 g/mol. The van der Waals surface area contributed by atoms with Gasteiger partial charge in [-0.05, 0) is 72.2 Å². The minimum absolute atomic E-state index is 0.0150. The highest BCUT2D eigenvalue weighted by Gasteiger charge is 2.54. The lowest BCUT2D eigenvalue weighted by atomic mass is 9.65. The van der Waals surface area contributed by atoms with Gasteiger partial charge in [-0.15, -0.1) is 0 Å². The lowest BCUT2D eigenvalue weighted by molar-refractivity contribution is -0.120. The summed E-state index contributed by atoms with van der Waals surface area (Å²) in [5, 5.41) is 3.17. The highest BCUT2D eigenvalue weighted by molar-refractivity contribution is 5.92. The van der Waals surface area contributed by atoms with Crippen LogP contribution in [0.1, 0.15) is 68.7 Å². The number of hydrogen-bond donors (Lipinski definition) is 1. The van der Waals surface area contributed by atoms with E-state index in [0.717, 1.165) is 44.5 Å². The number of fused-ring (bicyclic) bond motifs is 2.